The molecule has 2 aliphatic rings. The minimum absolute atomic E-state index is 0.211. The Hall–Kier alpha value is -0.730. The van der Waals surface area contributed by atoms with E-state index in [4.69, 9.17) is 23.7 Å². The maximum absolute atomic E-state index is 12.3. The Kier molecular flexibility index (Phi) is 15.5. The molecular weight excluding hydrogens is 458 g/mol. The van der Waals surface area contributed by atoms with Crippen LogP contribution in [0.4, 0.5) is 0 Å². The van der Waals surface area contributed by atoms with Gasteiger partial charge in [-0.05, 0) is 33.7 Å². The molecule has 0 unspecified atom stereocenters. The third kappa shape index (κ3) is 11.3. The fourth-order valence-electron chi connectivity index (χ4n) is 5.41. The number of unbranched alkanes of at least 4 members (excludes halogenated alkanes) is 13. The number of hydrogen-bond donors (Lipinski definition) is 1. The van der Waals surface area contributed by atoms with Crippen molar-refractivity contribution in [1.82, 2.24) is 5.32 Å². The summed E-state index contributed by atoms with van der Waals surface area (Å²) >= 11 is 0. The quantitative estimate of drug-likeness (QED) is 0.143. The summed E-state index contributed by atoms with van der Waals surface area (Å²) in [7, 11) is 1.66. The summed E-state index contributed by atoms with van der Waals surface area (Å²) in [5.41, 5.74) is 0. The first-order valence-electron chi connectivity index (χ1n) is 14.8. The van der Waals surface area contributed by atoms with Crippen molar-refractivity contribution in [3.05, 3.63) is 0 Å². The first-order chi connectivity index (χ1) is 17.4. The number of carbonyl (C=O) groups is 1. The molecule has 0 aromatic heterocycles. The van der Waals surface area contributed by atoms with Crippen LogP contribution in [0.2, 0.25) is 0 Å². The number of rotatable bonds is 21. The van der Waals surface area contributed by atoms with Gasteiger partial charge in [0.2, 0.25) is 0 Å². The van der Waals surface area contributed by atoms with Gasteiger partial charge in [-0.1, -0.05) is 90.4 Å². The first kappa shape index (κ1) is 31.5. The minimum atomic E-state index is -0.699. The molecule has 212 valence electrons. The van der Waals surface area contributed by atoms with Crippen LogP contribution in [0.5, 0.6) is 0 Å². The van der Waals surface area contributed by atoms with E-state index in [-0.39, 0.29) is 36.7 Å². The molecule has 2 heterocycles. The normalized spacial score (nSPS) is 25.7. The molecule has 7 nitrogen and oxygen atoms in total. The van der Waals surface area contributed by atoms with Crippen molar-refractivity contribution in [3.8, 4) is 0 Å². The number of methoxy groups -OCH3 is 1. The summed E-state index contributed by atoms with van der Waals surface area (Å²) < 4.78 is 29.1. The molecule has 2 fully saturated rings. The zero-order chi connectivity index (χ0) is 26.2. The standard InChI is InChI=1S/C29H55NO6/c1-6-8-9-10-11-12-13-14-15-16-17-18-19-20-21-30-23(22-24(31)33-7-2)25-26(32-5)27-28(34-25)36-29(3,4)35-27/h23,25-28,30H,6-22H2,1-5H3/t23-,25-,26+,27-,28-/m1/s1. The highest BCUT2D eigenvalue weighted by atomic mass is 16.8. The predicted molar refractivity (Wildman–Crippen MR) is 143 cm³/mol. The van der Waals surface area contributed by atoms with Gasteiger partial charge in [0, 0.05) is 13.2 Å². The minimum Gasteiger partial charge on any atom is -0.466 e. The van der Waals surface area contributed by atoms with Crippen molar-refractivity contribution in [2.45, 2.75) is 160 Å². The summed E-state index contributed by atoms with van der Waals surface area (Å²) in [6, 6.07) is -0.211. The number of esters is 1. The molecule has 0 bridgehead atoms. The van der Waals surface area contributed by atoms with E-state index in [2.05, 4.69) is 12.2 Å². The fourth-order valence-corrected chi connectivity index (χ4v) is 5.41. The predicted octanol–water partition coefficient (Wildman–Crippen LogP) is 6.27. The second kappa shape index (κ2) is 17.7. The monoisotopic (exact) mass is 513 g/mol. The van der Waals surface area contributed by atoms with Gasteiger partial charge in [0.1, 0.15) is 18.3 Å². The number of fused-ring (bicyclic) bond motifs is 1. The summed E-state index contributed by atoms with van der Waals surface area (Å²) in [4.78, 5) is 12.3. The molecular formula is C29H55NO6. The summed E-state index contributed by atoms with van der Waals surface area (Å²) in [6.07, 6.45) is 17.6. The molecule has 0 aliphatic carbocycles. The van der Waals surface area contributed by atoms with E-state index in [1.54, 1.807) is 7.11 Å². The van der Waals surface area contributed by atoms with Crippen molar-refractivity contribution in [3.63, 3.8) is 0 Å². The number of hydrogen-bond acceptors (Lipinski definition) is 7. The zero-order valence-electron chi connectivity index (χ0n) is 23.9. The Bertz CT molecular complexity index is 586. The van der Waals surface area contributed by atoms with Crippen LogP contribution in [0.3, 0.4) is 0 Å². The molecule has 2 saturated heterocycles. The largest absolute Gasteiger partial charge is 0.466 e. The van der Waals surface area contributed by atoms with Crippen molar-refractivity contribution < 1.29 is 28.5 Å². The second-order valence-electron chi connectivity index (χ2n) is 10.9. The topological polar surface area (TPSA) is 75.3 Å². The van der Waals surface area contributed by atoms with Crippen LogP contribution < -0.4 is 5.32 Å². The van der Waals surface area contributed by atoms with Gasteiger partial charge in [0.25, 0.3) is 0 Å². The van der Waals surface area contributed by atoms with Gasteiger partial charge in [0.05, 0.1) is 13.0 Å². The molecule has 5 atom stereocenters. The lowest BCUT2D eigenvalue weighted by Crippen LogP contribution is -2.49. The Labute approximate surface area is 220 Å². The van der Waals surface area contributed by atoms with Crippen LogP contribution in [0.1, 0.15) is 124 Å². The van der Waals surface area contributed by atoms with E-state index >= 15 is 0 Å². The zero-order valence-corrected chi connectivity index (χ0v) is 23.9. The average Bonchev–Trinajstić information content (AvgIpc) is 3.32. The molecule has 0 amide bonds. The Balaban J connectivity index is 1.62. The van der Waals surface area contributed by atoms with Crippen LogP contribution in [-0.2, 0) is 28.5 Å². The molecule has 0 radical (unpaired) electrons. The molecule has 1 N–H and O–H groups in total. The SMILES string of the molecule is CCCCCCCCCCCCCCCCN[C@H](CC(=O)OCC)[C@H]1O[C@@H]2OC(C)(C)O[C@@H]2[C@H]1OC. The number of nitrogens with one attached hydrogen (secondary N) is 1. The van der Waals surface area contributed by atoms with Crippen molar-refractivity contribution >= 4 is 5.97 Å². The Morgan fingerprint density at radius 3 is 1.94 bits per heavy atom. The van der Waals surface area contributed by atoms with Gasteiger partial charge < -0.3 is 29.0 Å². The van der Waals surface area contributed by atoms with Gasteiger partial charge in [0.15, 0.2) is 12.1 Å². The lowest BCUT2D eigenvalue weighted by Gasteiger charge is -2.30. The summed E-state index contributed by atoms with van der Waals surface area (Å²) in [5, 5.41) is 3.55. The van der Waals surface area contributed by atoms with Crippen LogP contribution in [0.25, 0.3) is 0 Å². The highest BCUT2D eigenvalue weighted by Gasteiger charge is 2.56. The highest BCUT2D eigenvalue weighted by Crippen LogP contribution is 2.39. The smallest absolute Gasteiger partial charge is 0.307 e. The third-order valence-corrected chi connectivity index (χ3v) is 7.32. The number of carbonyl (C=O) groups excluding carboxylic acids is 1. The van der Waals surface area contributed by atoms with Gasteiger partial charge in [-0.3, -0.25) is 4.79 Å². The van der Waals surface area contributed by atoms with Crippen molar-refractivity contribution in [2.75, 3.05) is 20.3 Å². The molecule has 2 aliphatic heterocycles. The molecule has 0 aromatic carbocycles. The molecule has 7 heteroatoms. The lowest BCUT2D eigenvalue weighted by molar-refractivity contribution is -0.220. The Morgan fingerprint density at radius 1 is 0.861 bits per heavy atom. The van der Waals surface area contributed by atoms with Crippen LogP contribution in [0.15, 0.2) is 0 Å². The van der Waals surface area contributed by atoms with E-state index in [1.807, 2.05) is 20.8 Å². The van der Waals surface area contributed by atoms with Crippen LogP contribution in [0, 0.1) is 0 Å². The summed E-state index contributed by atoms with van der Waals surface area (Å²) in [5.74, 6) is -0.927. The molecule has 2 rings (SSSR count). The van der Waals surface area contributed by atoms with E-state index in [9.17, 15) is 4.79 Å². The lowest BCUT2D eigenvalue weighted by atomic mass is 10.00. The molecule has 0 aromatic rings. The maximum atomic E-state index is 12.3. The van der Waals surface area contributed by atoms with Crippen LogP contribution in [-0.4, -0.2) is 62.7 Å². The van der Waals surface area contributed by atoms with E-state index in [0.29, 0.717) is 6.61 Å². The summed E-state index contributed by atoms with van der Waals surface area (Å²) in [6.45, 7) is 9.06. The second-order valence-corrected chi connectivity index (χ2v) is 10.9. The van der Waals surface area contributed by atoms with Gasteiger partial charge >= 0.3 is 5.97 Å². The highest BCUT2D eigenvalue weighted by molar-refractivity contribution is 5.70. The van der Waals surface area contributed by atoms with Crippen molar-refractivity contribution in [2.24, 2.45) is 0 Å². The van der Waals surface area contributed by atoms with Crippen LogP contribution >= 0.6 is 0 Å². The van der Waals surface area contributed by atoms with Gasteiger partial charge in [-0.25, -0.2) is 0 Å². The maximum Gasteiger partial charge on any atom is 0.307 e. The van der Waals surface area contributed by atoms with E-state index in [0.717, 1.165) is 13.0 Å². The number of ether oxygens (including phenoxy) is 5. The third-order valence-electron chi connectivity index (χ3n) is 7.32. The van der Waals surface area contributed by atoms with Crippen molar-refractivity contribution in [1.29, 1.82) is 0 Å². The van der Waals surface area contributed by atoms with Gasteiger partial charge in [-0.2, -0.15) is 0 Å². The van der Waals surface area contributed by atoms with Gasteiger partial charge in [-0.15, -0.1) is 0 Å². The molecule has 0 saturated carbocycles. The van der Waals surface area contributed by atoms with E-state index < -0.39 is 12.1 Å². The molecule has 36 heavy (non-hydrogen) atoms. The first-order valence-corrected chi connectivity index (χ1v) is 14.8. The molecule has 0 spiro atoms. The Morgan fingerprint density at radius 2 is 1.42 bits per heavy atom. The van der Waals surface area contributed by atoms with E-state index in [1.165, 1.54) is 83.5 Å². The fraction of sp³-hybridized carbons (Fsp3) is 0.966. The average molecular weight is 514 g/mol.